The van der Waals surface area contributed by atoms with Gasteiger partial charge in [-0.1, -0.05) is 140 Å². The van der Waals surface area contributed by atoms with Crippen LogP contribution < -0.4 is 0 Å². The van der Waals surface area contributed by atoms with Gasteiger partial charge in [0.05, 0.1) is 22.1 Å². The Morgan fingerprint density at radius 2 is 0.921 bits per heavy atom. The molecule has 0 aliphatic carbocycles. The largest absolute Gasteiger partial charge is 0.456 e. The smallest absolute Gasteiger partial charge is 0.238 e. The van der Waals surface area contributed by atoms with Crippen molar-refractivity contribution in [2.75, 3.05) is 0 Å². The molecule has 0 fully saturated rings. The fourth-order valence-corrected chi connectivity index (χ4v) is 10.1. The highest BCUT2D eigenvalue weighted by molar-refractivity contribution is 6.22. The molecule has 14 rings (SSSR count). The van der Waals surface area contributed by atoms with Gasteiger partial charge in [-0.15, -0.1) is 0 Å². The first kappa shape index (κ1) is 34.1. The van der Waals surface area contributed by atoms with Crippen LogP contribution in [-0.2, 0) is 0 Å². The molecule has 0 N–H and O–H groups in total. The van der Waals surface area contributed by atoms with E-state index in [4.69, 9.17) is 19.4 Å². The van der Waals surface area contributed by atoms with Crippen LogP contribution in [0.4, 0.5) is 0 Å². The summed E-state index contributed by atoms with van der Waals surface area (Å²) < 4.78 is 11.3. The predicted octanol–water partition coefficient (Wildman–Crippen LogP) is 14.8. The SMILES string of the molecule is c1ccc2cc(-c3nc(-c4cc5oc6ccccc6c5c5cc(-n6c7ccccc7c7cc8ccccc8cc76)ccc45)nc(-n4c5ccccc5c5ccccc54)n3)ccc2c1. The monoisotopic (exact) mass is 803 g/mol. The zero-order valence-electron chi connectivity index (χ0n) is 33.7. The molecule has 4 heterocycles. The molecule has 10 aromatic carbocycles. The second-order valence-corrected chi connectivity index (χ2v) is 16.4. The summed E-state index contributed by atoms with van der Waals surface area (Å²) in [4.78, 5) is 16.1. The second-order valence-electron chi connectivity index (χ2n) is 16.4. The Labute approximate surface area is 359 Å². The van der Waals surface area contributed by atoms with E-state index in [1.807, 2.05) is 12.1 Å². The predicted molar refractivity (Wildman–Crippen MR) is 259 cm³/mol. The van der Waals surface area contributed by atoms with Crippen LogP contribution in [0, 0.1) is 0 Å². The van der Waals surface area contributed by atoms with E-state index < -0.39 is 0 Å². The highest BCUT2D eigenvalue weighted by Crippen LogP contribution is 2.43. The summed E-state index contributed by atoms with van der Waals surface area (Å²) in [5.74, 6) is 1.70. The lowest BCUT2D eigenvalue weighted by molar-refractivity contribution is 0.669. The number of hydrogen-bond donors (Lipinski definition) is 0. The van der Waals surface area contributed by atoms with Crippen LogP contribution in [0.2, 0.25) is 0 Å². The maximum atomic E-state index is 6.74. The van der Waals surface area contributed by atoms with Gasteiger partial charge in [-0.05, 0) is 93.0 Å². The summed E-state index contributed by atoms with van der Waals surface area (Å²) in [6, 6.07) is 71.0. The van der Waals surface area contributed by atoms with Crippen LogP contribution in [-0.4, -0.2) is 24.1 Å². The van der Waals surface area contributed by atoms with Crippen LogP contribution >= 0.6 is 0 Å². The molecule has 6 nitrogen and oxygen atoms in total. The molecule has 0 spiro atoms. The molecule has 0 unspecified atom stereocenters. The van der Waals surface area contributed by atoms with Crippen molar-refractivity contribution >= 4 is 97.9 Å². The van der Waals surface area contributed by atoms with Gasteiger partial charge < -0.3 is 8.98 Å². The van der Waals surface area contributed by atoms with E-state index in [2.05, 4.69) is 197 Å². The maximum Gasteiger partial charge on any atom is 0.238 e. The van der Waals surface area contributed by atoms with Crippen molar-refractivity contribution in [2.45, 2.75) is 0 Å². The van der Waals surface area contributed by atoms with E-state index in [0.717, 1.165) is 93.1 Å². The highest BCUT2D eigenvalue weighted by Gasteiger charge is 2.22. The Balaban J connectivity index is 1.08. The third-order valence-corrected chi connectivity index (χ3v) is 12.9. The van der Waals surface area contributed by atoms with Crippen molar-refractivity contribution in [3.8, 4) is 34.4 Å². The molecule has 0 saturated carbocycles. The molecule has 4 aromatic heterocycles. The maximum absolute atomic E-state index is 6.74. The standard InChI is InChI=1S/C57H33N5O/c1-2-14-35-29-38(26-25-34(35)13-1)55-58-56(60-57(59-55)62-49-22-10-5-17-41(49)42-18-6-11-23-50(42)62)47-33-53-54(44-20-8-12-24-52(44)63-53)46-32-39(27-28-40(46)47)61-48-21-9-7-19-43(48)45-30-36-15-3-4-16-37(36)31-51(45)61/h1-33H. The minimum atomic E-state index is 0.549. The van der Waals surface area contributed by atoms with Crippen molar-refractivity contribution < 1.29 is 4.42 Å². The van der Waals surface area contributed by atoms with E-state index in [9.17, 15) is 0 Å². The Morgan fingerprint density at radius 3 is 1.67 bits per heavy atom. The first-order valence-electron chi connectivity index (χ1n) is 21.3. The number of furan rings is 1. The normalized spacial score (nSPS) is 12.1. The quantitative estimate of drug-likeness (QED) is 0.178. The number of rotatable bonds is 4. The van der Waals surface area contributed by atoms with Gasteiger partial charge in [-0.3, -0.25) is 4.57 Å². The summed E-state index contributed by atoms with van der Waals surface area (Å²) in [6.07, 6.45) is 0. The van der Waals surface area contributed by atoms with E-state index in [1.165, 1.54) is 21.5 Å². The molecule has 0 radical (unpaired) electrons. The number of fused-ring (bicyclic) bond motifs is 13. The fourth-order valence-electron chi connectivity index (χ4n) is 10.1. The molecule has 0 aliphatic rings. The first-order chi connectivity index (χ1) is 31.2. The van der Waals surface area contributed by atoms with E-state index >= 15 is 0 Å². The Morgan fingerprint density at radius 1 is 0.333 bits per heavy atom. The van der Waals surface area contributed by atoms with E-state index in [0.29, 0.717) is 17.6 Å². The number of para-hydroxylation sites is 4. The summed E-state index contributed by atoms with van der Waals surface area (Å²) in [5, 5.41) is 13.6. The summed E-state index contributed by atoms with van der Waals surface area (Å²) in [7, 11) is 0. The number of nitrogens with zero attached hydrogens (tertiary/aromatic N) is 5. The van der Waals surface area contributed by atoms with Crippen molar-refractivity contribution in [3.05, 3.63) is 200 Å². The zero-order valence-corrected chi connectivity index (χ0v) is 33.7. The van der Waals surface area contributed by atoms with Crippen molar-refractivity contribution in [3.63, 3.8) is 0 Å². The Hall–Kier alpha value is -8.61. The minimum Gasteiger partial charge on any atom is -0.456 e. The highest BCUT2D eigenvalue weighted by atomic mass is 16.3. The molecule has 14 aromatic rings. The fraction of sp³-hybridized carbons (Fsp3) is 0. The number of benzene rings is 10. The average Bonchev–Trinajstić information content (AvgIpc) is 4.00. The molecule has 0 amide bonds. The second kappa shape index (κ2) is 12.9. The van der Waals surface area contributed by atoms with Crippen molar-refractivity contribution in [1.82, 2.24) is 24.1 Å². The van der Waals surface area contributed by atoms with Crippen LogP contribution in [0.25, 0.3) is 132 Å². The van der Waals surface area contributed by atoms with Crippen molar-refractivity contribution in [1.29, 1.82) is 0 Å². The molecule has 0 atom stereocenters. The lowest BCUT2D eigenvalue weighted by Crippen LogP contribution is -2.06. The molecule has 0 aliphatic heterocycles. The van der Waals surface area contributed by atoms with Gasteiger partial charge in [0.1, 0.15) is 11.2 Å². The molecule has 292 valence electrons. The number of hydrogen-bond acceptors (Lipinski definition) is 4. The van der Waals surface area contributed by atoms with Crippen molar-refractivity contribution in [2.24, 2.45) is 0 Å². The molecular weight excluding hydrogens is 771 g/mol. The third-order valence-electron chi connectivity index (χ3n) is 12.9. The van der Waals surface area contributed by atoms with Crippen LogP contribution in [0.5, 0.6) is 0 Å². The van der Waals surface area contributed by atoms with Gasteiger partial charge in [0.2, 0.25) is 5.95 Å². The van der Waals surface area contributed by atoms with Crippen LogP contribution in [0.1, 0.15) is 0 Å². The molecule has 63 heavy (non-hydrogen) atoms. The summed E-state index contributed by atoms with van der Waals surface area (Å²) in [6.45, 7) is 0. The van der Waals surface area contributed by atoms with Gasteiger partial charge in [-0.2, -0.15) is 9.97 Å². The lowest BCUT2D eigenvalue weighted by atomic mass is 9.98. The van der Waals surface area contributed by atoms with Gasteiger partial charge in [0.25, 0.3) is 0 Å². The van der Waals surface area contributed by atoms with Crippen LogP contribution in [0.3, 0.4) is 0 Å². The van der Waals surface area contributed by atoms with Gasteiger partial charge in [0, 0.05) is 49.1 Å². The van der Waals surface area contributed by atoms with Crippen LogP contribution in [0.15, 0.2) is 205 Å². The average molecular weight is 804 g/mol. The summed E-state index contributed by atoms with van der Waals surface area (Å²) in [5.41, 5.74) is 8.81. The van der Waals surface area contributed by atoms with E-state index in [-0.39, 0.29) is 0 Å². The molecular formula is C57H33N5O. The Kier molecular flexibility index (Phi) is 7.02. The molecule has 6 heteroatoms. The summed E-state index contributed by atoms with van der Waals surface area (Å²) >= 11 is 0. The zero-order chi connectivity index (χ0) is 41.2. The van der Waals surface area contributed by atoms with Gasteiger partial charge in [0.15, 0.2) is 11.6 Å². The Bertz CT molecular complexity index is 4180. The molecule has 0 saturated heterocycles. The number of aromatic nitrogens is 5. The van der Waals surface area contributed by atoms with Gasteiger partial charge >= 0.3 is 0 Å². The lowest BCUT2D eigenvalue weighted by Gasteiger charge is -2.14. The van der Waals surface area contributed by atoms with E-state index in [1.54, 1.807) is 0 Å². The van der Waals surface area contributed by atoms with Gasteiger partial charge in [-0.25, -0.2) is 4.98 Å². The topological polar surface area (TPSA) is 61.7 Å². The third kappa shape index (κ3) is 5.03. The first-order valence-corrected chi connectivity index (χ1v) is 21.3. The molecule has 0 bridgehead atoms. The minimum absolute atomic E-state index is 0.549.